The van der Waals surface area contributed by atoms with Crippen molar-refractivity contribution in [1.82, 2.24) is 14.7 Å². The molecule has 7 nitrogen and oxygen atoms in total. The van der Waals surface area contributed by atoms with Crippen LogP contribution in [0.3, 0.4) is 0 Å². The van der Waals surface area contributed by atoms with Crippen LogP contribution in [0.15, 0.2) is 48.5 Å². The lowest BCUT2D eigenvalue weighted by Crippen LogP contribution is -2.30. The number of carbonyl (C=O) groups is 1. The second-order valence-corrected chi connectivity index (χ2v) is 8.14. The van der Waals surface area contributed by atoms with Gasteiger partial charge in [0, 0.05) is 12.1 Å². The molecule has 31 heavy (non-hydrogen) atoms. The average Bonchev–Trinajstić information content (AvgIpc) is 3.33. The topological polar surface area (TPSA) is 81.3 Å². The lowest BCUT2D eigenvalue weighted by Gasteiger charge is -2.26. The zero-order valence-corrected chi connectivity index (χ0v) is 18.0. The van der Waals surface area contributed by atoms with E-state index in [9.17, 15) is 14.9 Å². The van der Waals surface area contributed by atoms with Gasteiger partial charge in [-0.3, -0.25) is 19.6 Å². The van der Waals surface area contributed by atoms with E-state index in [-0.39, 0.29) is 17.6 Å². The average molecular weight is 418 g/mol. The van der Waals surface area contributed by atoms with Crippen LogP contribution in [0.1, 0.15) is 57.3 Å². The van der Waals surface area contributed by atoms with E-state index in [4.69, 9.17) is 0 Å². The molecule has 1 atom stereocenters. The number of benzene rings is 2. The van der Waals surface area contributed by atoms with Gasteiger partial charge in [0.1, 0.15) is 11.4 Å². The van der Waals surface area contributed by atoms with Gasteiger partial charge < -0.3 is 4.90 Å². The van der Waals surface area contributed by atoms with Crippen molar-refractivity contribution in [1.29, 1.82) is 0 Å². The molecule has 1 amide bonds. The van der Waals surface area contributed by atoms with E-state index in [0.29, 0.717) is 23.5 Å². The molecular weight excluding hydrogens is 392 g/mol. The Hall–Kier alpha value is -3.48. The maximum Gasteiger partial charge on any atom is 0.312 e. The van der Waals surface area contributed by atoms with Gasteiger partial charge in [-0.2, -0.15) is 5.10 Å². The van der Waals surface area contributed by atoms with Crippen LogP contribution in [0.25, 0.3) is 0 Å². The molecule has 0 aliphatic carbocycles. The van der Waals surface area contributed by atoms with Crippen molar-refractivity contribution in [3.63, 3.8) is 0 Å². The SMILES string of the molecule is Cc1ccccc1C1CCCN1C(=O)c1ccc(Cn2nc(C)c([N+](=O)[O-])c2C)cc1. The van der Waals surface area contributed by atoms with Crippen LogP contribution in [-0.4, -0.2) is 32.1 Å². The van der Waals surface area contributed by atoms with Crippen molar-refractivity contribution in [2.75, 3.05) is 6.54 Å². The molecule has 7 heteroatoms. The highest BCUT2D eigenvalue weighted by molar-refractivity contribution is 5.94. The van der Waals surface area contributed by atoms with Crippen LogP contribution < -0.4 is 0 Å². The van der Waals surface area contributed by atoms with E-state index in [2.05, 4.69) is 24.2 Å². The van der Waals surface area contributed by atoms with E-state index in [0.717, 1.165) is 24.9 Å². The number of rotatable bonds is 5. The first-order valence-electron chi connectivity index (χ1n) is 10.5. The summed E-state index contributed by atoms with van der Waals surface area (Å²) in [5.74, 6) is 0.0408. The van der Waals surface area contributed by atoms with E-state index in [1.165, 1.54) is 11.1 Å². The normalized spacial score (nSPS) is 16.0. The van der Waals surface area contributed by atoms with Crippen molar-refractivity contribution in [2.24, 2.45) is 0 Å². The summed E-state index contributed by atoms with van der Waals surface area (Å²) >= 11 is 0. The summed E-state index contributed by atoms with van der Waals surface area (Å²) in [6, 6.07) is 15.8. The molecule has 2 heterocycles. The van der Waals surface area contributed by atoms with Gasteiger partial charge >= 0.3 is 5.69 Å². The second-order valence-electron chi connectivity index (χ2n) is 8.14. The fraction of sp³-hybridized carbons (Fsp3) is 0.333. The summed E-state index contributed by atoms with van der Waals surface area (Å²) in [5.41, 5.74) is 5.02. The maximum atomic E-state index is 13.2. The zero-order chi connectivity index (χ0) is 22.1. The van der Waals surface area contributed by atoms with Gasteiger partial charge in [0.2, 0.25) is 0 Å². The van der Waals surface area contributed by atoms with Crippen molar-refractivity contribution in [3.8, 4) is 0 Å². The van der Waals surface area contributed by atoms with Crippen molar-refractivity contribution < 1.29 is 9.72 Å². The number of amides is 1. The van der Waals surface area contributed by atoms with Crippen LogP contribution in [0.4, 0.5) is 5.69 Å². The summed E-state index contributed by atoms with van der Waals surface area (Å²) in [5, 5.41) is 15.5. The Bertz CT molecular complexity index is 1130. The van der Waals surface area contributed by atoms with Gasteiger partial charge in [-0.1, -0.05) is 36.4 Å². The monoisotopic (exact) mass is 418 g/mol. The Kier molecular flexibility index (Phi) is 5.59. The molecule has 2 aromatic carbocycles. The minimum atomic E-state index is -0.392. The Morgan fingerprint density at radius 1 is 1.13 bits per heavy atom. The van der Waals surface area contributed by atoms with E-state index in [1.807, 2.05) is 41.3 Å². The van der Waals surface area contributed by atoms with Crippen molar-refractivity contribution in [3.05, 3.63) is 92.3 Å². The third-order valence-electron chi connectivity index (χ3n) is 6.12. The first-order chi connectivity index (χ1) is 14.9. The summed E-state index contributed by atoms with van der Waals surface area (Å²) < 4.78 is 1.64. The Morgan fingerprint density at radius 3 is 2.48 bits per heavy atom. The highest BCUT2D eigenvalue weighted by Gasteiger charge is 2.31. The van der Waals surface area contributed by atoms with Crippen LogP contribution in [0, 0.1) is 30.9 Å². The number of hydrogen-bond donors (Lipinski definition) is 0. The first kappa shape index (κ1) is 20.8. The van der Waals surface area contributed by atoms with Gasteiger partial charge in [-0.15, -0.1) is 0 Å². The molecule has 3 aromatic rings. The number of nitrogens with zero attached hydrogens (tertiary/aromatic N) is 4. The van der Waals surface area contributed by atoms with Gasteiger partial charge in [-0.05, 0) is 62.4 Å². The maximum absolute atomic E-state index is 13.2. The third kappa shape index (κ3) is 3.95. The molecule has 0 bridgehead atoms. The molecule has 4 rings (SSSR count). The zero-order valence-electron chi connectivity index (χ0n) is 18.0. The number of hydrogen-bond acceptors (Lipinski definition) is 4. The molecule has 0 N–H and O–H groups in total. The summed E-state index contributed by atoms with van der Waals surface area (Å²) in [6.45, 7) is 6.62. The number of aryl methyl sites for hydroxylation is 2. The largest absolute Gasteiger partial charge is 0.332 e. The molecule has 1 aliphatic rings. The van der Waals surface area contributed by atoms with Crippen LogP contribution >= 0.6 is 0 Å². The van der Waals surface area contributed by atoms with Crippen LogP contribution in [-0.2, 0) is 6.54 Å². The van der Waals surface area contributed by atoms with Gasteiger partial charge in [0.05, 0.1) is 17.5 Å². The highest BCUT2D eigenvalue weighted by Crippen LogP contribution is 2.34. The minimum absolute atomic E-state index is 0.0408. The fourth-order valence-electron chi connectivity index (χ4n) is 4.49. The quantitative estimate of drug-likeness (QED) is 0.443. The standard InChI is InChI=1S/C24H26N4O3/c1-16-7-4-5-8-21(16)22-9-6-14-26(22)24(29)20-12-10-19(11-13-20)15-27-18(3)23(28(30)31)17(2)25-27/h4-5,7-8,10-13,22H,6,9,14-15H2,1-3H3. The van der Waals surface area contributed by atoms with Gasteiger partial charge in [-0.25, -0.2) is 0 Å². The van der Waals surface area contributed by atoms with Crippen LogP contribution in [0.5, 0.6) is 0 Å². The summed E-state index contributed by atoms with van der Waals surface area (Å²) in [7, 11) is 0. The summed E-state index contributed by atoms with van der Waals surface area (Å²) in [6.07, 6.45) is 1.98. The Morgan fingerprint density at radius 2 is 1.84 bits per heavy atom. The number of likely N-dealkylation sites (tertiary alicyclic amines) is 1. The van der Waals surface area contributed by atoms with E-state index in [1.54, 1.807) is 18.5 Å². The highest BCUT2D eigenvalue weighted by atomic mass is 16.6. The van der Waals surface area contributed by atoms with Gasteiger partial charge in [0.15, 0.2) is 0 Å². The second kappa shape index (κ2) is 8.34. The number of aromatic nitrogens is 2. The number of nitro groups is 1. The molecule has 1 aliphatic heterocycles. The third-order valence-corrected chi connectivity index (χ3v) is 6.12. The first-order valence-corrected chi connectivity index (χ1v) is 10.5. The predicted molar refractivity (Wildman–Crippen MR) is 118 cm³/mol. The Labute approximate surface area is 181 Å². The molecule has 0 spiro atoms. The fourth-order valence-corrected chi connectivity index (χ4v) is 4.49. The van der Waals surface area contributed by atoms with Crippen molar-refractivity contribution in [2.45, 2.75) is 46.2 Å². The van der Waals surface area contributed by atoms with E-state index >= 15 is 0 Å². The minimum Gasteiger partial charge on any atom is -0.332 e. The molecular formula is C24H26N4O3. The lowest BCUT2D eigenvalue weighted by atomic mass is 9.99. The van der Waals surface area contributed by atoms with Crippen molar-refractivity contribution >= 4 is 11.6 Å². The molecule has 1 unspecified atom stereocenters. The van der Waals surface area contributed by atoms with Gasteiger partial charge in [0.25, 0.3) is 5.91 Å². The van der Waals surface area contributed by atoms with Crippen LogP contribution in [0.2, 0.25) is 0 Å². The Balaban J connectivity index is 1.52. The molecule has 0 saturated carbocycles. The summed E-state index contributed by atoms with van der Waals surface area (Å²) in [4.78, 5) is 26.0. The molecule has 1 aromatic heterocycles. The smallest absolute Gasteiger partial charge is 0.312 e. The number of carbonyl (C=O) groups excluding carboxylic acids is 1. The predicted octanol–water partition coefficient (Wildman–Crippen LogP) is 4.74. The molecule has 0 radical (unpaired) electrons. The molecule has 160 valence electrons. The molecule has 1 fully saturated rings. The van der Waals surface area contributed by atoms with E-state index < -0.39 is 4.92 Å². The molecule has 1 saturated heterocycles. The lowest BCUT2D eigenvalue weighted by molar-refractivity contribution is -0.386.